The molecule has 22 heavy (non-hydrogen) atoms. The van der Waals surface area contributed by atoms with Crippen LogP contribution in [0.2, 0.25) is 13.1 Å². The second-order valence-electron chi connectivity index (χ2n) is 5.69. The summed E-state index contributed by atoms with van der Waals surface area (Å²) in [4.78, 5) is 0. The van der Waals surface area contributed by atoms with Gasteiger partial charge in [-0.25, -0.2) is 8.78 Å². The van der Waals surface area contributed by atoms with Crippen LogP contribution in [0, 0.1) is 0 Å². The first-order valence-corrected chi connectivity index (χ1v) is 10.2. The van der Waals surface area contributed by atoms with Crippen LogP contribution in [0.25, 0.3) is 6.08 Å². The monoisotopic (exact) mass is 336 g/mol. The predicted octanol–water partition coefficient (Wildman–Crippen LogP) is 5.85. The molecule has 0 heterocycles. The number of hydrogen-bond donors (Lipinski definition) is 0. The Balaban J connectivity index is 2.75. The van der Waals surface area contributed by atoms with Crippen molar-refractivity contribution >= 4 is 14.9 Å². The summed E-state index contributed by atoms with van der Waals surface area (Å²) in [5.41, 5.74) is 0.702. The smallest absolute Gasteiger partial charge is 0.202 e. The molecule has 0 saturated carbocycles. The Morgan fingerprint density at radius 1 is 0.955 bits per heavy atom. The summed E-state index contributed by atoms with van der Waals surface area (Å²) in [6.45, 7) is 3.61. The maximum Gasteiger partial charge on any atom is 0.389 e. The third kappa shape index (κ3) is 6.73. The number of hydrogen-bond acceptors (Lipinski definition) is 0. The van der Waals surface area contributed by atoms with Crippen molar-refractivity contribution in [2.45, 2.75) is 50.9 Å². The van der Waals surface area contributed by atoms with E-state index in [0.717, 1.165) is 0 Å². The van der Waals surface area contributed by atoms with Crippen LogP contribution >= 0.6 is 0 Å². The van der Waals surface area contributed by atoms with E-state index in [2.05, 4.69) is 0 Å². The van der Waals surface area contributed by atoms with Gasteiger partial charge in [0.05, 0.1) is 8.80 Å². The standard InChI is InChI=1S/C16H21F5Si/c1-22(2)14(12-13-8-4-3-5-9-13)15(17,18)10-6-7-11-16(19,20)21/h3-5,8-9,12,22H,6-7,10-11H2,1-2H3. The van der Waals surface area contributed by atoms with Crippen molar-refractivity contribution in [1.82, 2.24) is 0 Å². The van der Waals surface area contributed by atoms with Crippen molar-refractivity contribution in [2.75, 3.05) is 0 Å². The van der Waals surface area contributed by atoms with Crippen molar-refractivity contribution < 1.29 is 22.0 Å². The van der Waals surface area contributed by atoms with Gasteiger partial charge in [0.25, 0.3) is 5.92 Å². The Morgan fingerprint density at radius 2 is 1.50 bits per heavy atom. The fourth-order valence-electron chi connectivity index (χ4n) is 2.24. The van der Waals surface area contributed by atoms with Crippen molar-refractivity contribution in [3.8, 4) is 0 Å². The van der Waals surface area contributed by atoms with Crippen LogP contribution in [0.1, 0.15) is 31.2 Å². The molecule has 0 aliphatic heterocycles. The Bertz CT molecular complexity index is 477. The molecule has 0 bridgehead atoms. The van der Waals surface area contributed by atoms with E-state index in [0.29, 0.717) is 5.56 Å². The lowest BCUT2D eigenvalue weighted by molar-refractivity contribution is -0.136. The number of benzene rings is 1. The lowest BCUT2D eigenvalue weighted by Gasteiger charge is -2.23. The van der Waals surface area contributed by atoms with E-state index in [1.54, 1.807) is 43.4 Å². The van der Waals surface area contributed by atoms with Crippen LogP contribution in [0.3, 0.4) is 0 Å². The van der Waals surface area contributed by atoms with E-state index < -0.39 is 33.7 Å². The highest BCUT2D eigenvalue weighted by atomic mass is 28.3. The van der Waals surface area contributed by atoms with Gasteiger partial charge in [0, 0.05) is 12.8 Å². The minimum Gasteiger partial charge on any atom is -0.202 e. The molecule has 0 saturated heterocycles. The van der Waals surface area contributed by atoms with Crippen molar-refractivity contribution in [3.63, 3.8) is 0 Å². The highest BCUT2D eigenvalue weighted by Crippen LogP contribution is 2.34. The summed E-state index contributed by atoms with van der Waals surface area (Å²) in [5.74, 6) is -3.03. The van der Waals surface area contributed by atoms with Crippen LogP contribution < -0.4 is 0 Å². The molecule has 6 heteroatoms. The molecule has 0 N–H and O–H groups in total. The fourth-order valence-corrected chi connectivity index (χ4v) is 3.76. The number of rotatable bonds is 7. The SMILES string of the molecule is C[SiH](C)C(=Cc1ccccc1)C(F)(F)CCCCC(F)(F)F. The average molecular weight is 336 g/mol. The van der Waals surface area contributed by atoms with Gasteiger partial charge in [-0.15, -0.1) is 0 Å². The molecular formula is C16H21F5Si. The molecule has 0 aromatic heterocycles. The zero-order valence-electron chi connectivity index (χ0n) is 12.8. The van der Waals surface area contributed by atoms with E-state index in [4.69, 9.17) is 0 Å². The lowest BCUT2D eigenvalue weighted by atomic mass is 10.1. The van der Waals surface area contributed by atoms with Gasteiger partial charge in [0.15, 0.2) is 0 Å². The molecule has 0 nitrogen and oxygen atoms in total. The zero-order valence-corrected chi connectivity index (χ0v) is 13.9. The molecule has 0 spiro atoms. The second-order valence-corrected chi connectivity index (χ2v) is 8.62. The normalized spacial score (nSPS) is 13.7. The third-order valence-electron chi connectivity index (χ3n) is 3.37. The largest absolute Gasteiger partial charge is 0.389 e. The van der Waals surface area contributed by atoms with E-state index in [9.17, 15) is 22.0 Å². The van der Waals surface area contributed by atoms with Gasteiger partial charge in [0.2, 0.25) is 0 Å². The molecule has 124 valence electrons. The molecule has 1 aromatic rings. The van der Waals surface area contributed by atoms with Gasteiger partial charge >= 0.3 is 6.18 Å². The summed E-state index contributed by atoms with van der Waals surface area (Å²) in [6, 6.07) is 8.84. The Hall–Kier alpha value is -1.17. The summed E-state index contributed by atoms with van der Waals surface area (Å²) < 4.78 is 64.8. The minimum atomic E-state index is -4.27. The highest BCUT2D eigenvalue weighted by Gasteiger charge is 2.35. The molecule has 0 aliphatic carbocycles. The Kier molecular flexibility index (Phi) is 6.78. The van der Waals surface area contributed by atoms with Crippen molar-refractivity contribution in [2.24, 2.45) is 0 Å². The van der Waals surface area contributed by atoms with Crippen LogP contribution in [0.5, 0.6) is 0 Å². The Morgan fingerprint density at radius 3 is 2.00 bits per heavy atom. The molecule has 1 aromatic carbocycles. The topological polar surface area (TPSA) is 0 Å². The molecule has 0 unspecified atom stereocenters. The van der Waals surface area contributed by atoms with E-state index in [-0.39, 0.29) is 18.0 Å². The number of alkyl halides is 5. The molecule has 0 atom stereocenters. The van der Waals surface area contributed by atoms with Gasteiger partial charge in [-0.3, -0.25) is 0 Å². The van der Waals surface area contributed by atoms with E-state index in [1.165, 1.54) is 6.08 Å². The first-order valence-electron chi connectivity index (χ1n) is 7.33. The van der Waals surface area contributed by atoms with Crippen LogP contribution in [-0.4, -0.2) is 20.9 Å². The molecule has 1 rings (SSSR count). The third-order valence-corrected chi connectivity index (χ3v) is 5.20. The quantitative estimate of drug-likeness (QED) is 0.333. The average Bonchev–Trinajstić information content (AvgIpc) is 2.41. The fraction of sp³-hybridized carbons (Fsp3) is 0.500. The van der Waals surface area contributed by atoms with Gasteiger partial charge in [0.1, 0.15) is 0 Å². The number of halogens is 5. The van der Waals surface area contributed by atoms with Crippen LogP contribution in [0.15, 0.2) is 35.5 Å². The summed E-state index contributed by atoms with van der Waals surface area (Å²) in [7, 11) is -1.78. The molecule has 0 fully saturated rings. The number of unbranched alkanes of at least 4 members (excludes halogenated alkanes) is 1. The predicted molar refractivity (Wildman–Crippen MR) is 82.8 cm³/mol. The van der Waals surface area contributed by atoms with Gasteiger partial charge in [-0.05, 0) is 23.6 Å². The molecule has 0 aliphatic rings. The Labute approximate surface area is 129 Å². The molecular weight excluding hydrogens is 315 g/mol. The van der Waals surface area contributed by atoms with Gasteiger partial charge in [-0.1, -0.05) is 49.5 Å². The first kappa shape index (κ1) is 18.9. The van der Waals surface area contributed by atoms with Crippen molar-refractivity contribution in [1.29, 1.82) is 0 Å². The maximum atomic E-state index is 14.3. The van der Waals surface area contributed by atoms with E-state index >= 15 is 0 Å². The first-order chi connectivity index (χ1) is 10.1. The van der Waals surface area contributed by atoms with E-state index in [1.807, 2.05) is 0 Å². The lowest BCUT2D eigenvalue weighted by Crippen LogP contribution is -2.27. The van der Waals surface area contributed by atoms with Gasteiger partial charge in [-0.2, -0.15) is 13.2 Å². The highest BCUT2D eigenvalue weighted by molar-refractivity contribution is 6.65. The maximum absolute atomic E-state index is 14.3. The zero-order chi connectivity index (χ0) is 16.8. The minimum absolute atomic E-state index is 0.103. The second kappa shape index (κ2) is 7.90. The summed E-state index contributed by atoms with van der Waals surface area (Å²) in [6.07, 6.45) is -4.67. The summed E-state index contributed by atoms with van der Waals surface area (Å²) in [5, 5.41) is 0.103. The molecule has 0 amide bonds. The number of allylic oxidation sites excluding steroid dienone is 1. The van der Waals surface area contributed by atoms with Crippen molar-refractivity contribution in [3.05, 3.63) is 41.1 Å². The molecule has 0 radical (unpaired) electrons. The van der Waals surface area contributed by atoms with Crippen LogP contribution in [0.4, 0.5) is 22.0 Å². The summed E-state index contributed by atoms with van der Waals surface area (Å²) >= 11 is 0. The van der Waals surface area contributed by atoms with Crippen LogP contribution in [-0.2, 0) is 0 Å². The van der Waals surface area contributed by atoms with Gasteiger partial charge < -0.3 is 0 Å².